The Bertz CT molecular complexity index is 850. The normalized spacial score (nSPS) is 16.0. The number of hydrogen-bond donors (Lipinski definition) is 1. The van der Waals surface area contributed by atoms with E-state index in [0.29, 0.717) is 29.5 Å². The van der Waals surface area contributed by atoms with Crippen LogP contribution >= 0.6 is 0 Å². The molecule has 148 valence electrons. The summed E-state index contributed by atoms with van der Waals surface area (Å²) in [4.78, 5) is 26.8. The molecule has 7 nitrogen and oxygen atoms in total. The Morgan fingerprint density at radius 1 is 1.11 bits per heavy atom. The van der Waals surface area contributed by atoms with Gasteiger partial charge in [0.25, 0.3) is 0 Å². The van der Waals surface area contributed by atoms with Gasteiger partial charge in [-0.25, -0.2) is 0 Å². The lowest BCUT2D eigenvalue weighted by atomic mass is 10.1. The van der Waals surface area contributed by atoms with Crippen LogP contribution in [0.25, 0.3) is 0 Å². The molecule has 0 bridgehead atoms. The highest BCUT2D eigenvalue weighted by Crippen LogP contribution is 2.36. The second kappa shape index (κ2) is 8.65. The SMILES string of the molecule is CCOc1ccc(NC(=O)C2CC(=O)N(c3cc(OC)ccc3OC)C2)cc1. The Labute approximate surface area is 164 Å². The van der Waals surface area contributed by atoms with Crippen LogP contribution in [0.2, 0.25) is 0 Å². The minimum atomic E-state index is -0.449. The predicted octanol–water partition coefficient (Wildman–Crippen LogP) is 3.09. The molecule has 1 unspecified atom stereocenters. The van der Waals surface area contributed by atoms with Gasteiger partial charge in [0.2, 0.25) is 11.8 Å². The number of ether oxygens (including phenoxy) is 3. The Kier molecular flexibility index (Phi) is 6.03. The van der Waals surface area contributed by atoms with E-state index in [0.717, 1.165) is 5.75 Å². The van der Waals surface area contributed by atoms with Crippen LogP contribution in [0.5, 0.6) is 17.2 Å². The van der Waals surface area contributed by atoms with Crippen molar-refractivity contribution in [3.8, 4) is 17.2 Å². The molecular formula is C21H24N2O5. The quantitative estimate of drug-likeness (QED) is 0.794. The first kappa shape index (κ1) is 19.5. The summed E-state index contributed by atoms with van der Waals surface area (Å²) < 4.78 is 16.0. The third kappa shape index (κ3) is 4.19. The number of carbonyl (C=O) groups excluding carboxylic acids is 2. The average molecular weight is 384 g/mol. The van der Waals surface area contributed by atoms with E-state index < -0.39 is 5.92 Å². The minimum Gasteiger partial charge on any atom is -0.497 e. The fourth-order valence-electron chi connectivity index (χ4n) is 3.17. The summed E-state index contributed by atoms with van der Waals surface area (Å²) in [5, 5.41) is 2.87. The molecule has 2 amide bonds. The third-order valence-corrected chi connectivity index (χ3v) is 4.61. The van der Waals surface area contributed by atoms with Crippen LogP contribution in [0.3, 0.4) is 0 Å². The fourth-order valence-corrected chi connectivity index (χ4v) is 3.17. The van der Waals surface area contributed by atoms with Gasteiger partial charge in [-0.05, 0) is 43.3 Å². The molecule has 1 aliphatic rings. The summed E-state index contributed by atoms with van der Waals surface area (Å²) in [6.45, 7) is 2.78. The summed E-state index contributed by atoms with van der Waals surface area (Å²) in [6.07, 6.45) is 0.142. The number of carbonyl (C=O) groups is 2. The Morgan fingerprint density at radius 3 is 2.46 bits per heavy atom. The van der Waals surface area contributed by atoms with Crippen molar-refractivity contribution < 1.29 is 23.8 Å². The molecule has 0 radical (unpaired) electrons. The molecule has 1 aliphatic heterocycles. The van der Waals surface area contributed by atoms with E-state index in [1.807, 2.05) is 6.92 Å². The Hall–Kier alpha value is -3.22. The van der Waals surface area contributed by atoms with Crippen molar-refractivity contribution in [2.45, 2.75) is 13.3 Å². The summed E-state index contributed by atoms with van der Waals surface area (Å²) in [7, 11) is 3.10. The minimum absolute atomic E-state index is 0.126. The number of amides is 2. The van der Waals surface area contributed by atoms with Crippen molar-refractivity contribution >= 4 is 23.2 Å². The zero-order chi connectivity index (χ0) is 20.1. The lowest BCUT2D eigenvalue weighted by Crippen LogP contribution is -2.28. The molecule has 0 aromatic heterocycles. The summed E-state index contributed by atoms with van der Waals surface area (Å²) >= 11 is 0. The summed E-state index contributed by atoms with van der Waals surface area (Å²) in [5.41, 5.74) is 1.27. The Morgan fingerprint density at radius 2 is 1.82 bits per heavy atom. The van der Waals surface area contributed by atoms with Crippen LogP contribution < -0.4 is 24.4 Å². The predicted molar refractivity (Wildman–Crippen MR) is 106 cm³/mol. The third-order valence-electron chi connectivity index (χ3n) is 4.61. The van der Waals surface area contributed by atoms with E-state index in [-0.39, 0.29) is 24.8 Å². The maximum Gasteiger partial charge on any atom is 0.229 e. The molecular weight excluding hydrogens is 360 g/mol. The first-order valence-electron chi connectivity index (χ1n) is 9.11. The van der Waals surface area contributed by atoms with Gasteiger partial charge in [0.15, 0.2) is 0 Å². The highest BCUT2D eigenvalue weighted by Gasteiger charge is 2.36. The molecule has 0 saturated carbocycles. The van der Waals surface area contributed by atoms with Crippen LogP contribution in [0.15, 0.2) is 42.5 Å². The molecule has 0 aliphatic carbocycles. The molecule has 1 saturated heterocycles. The fraction of sp³-hybridized carbons (Fsp3) is 0.333. The van der Waals surface area contributed by atoms with Crippen LogP contribution in [0, 0.1) is 5.92 Å². The molecule has 2 aromatic carbocycles. The van der Waals surface area contributed by atoms with Gasteiger partial charge in [-0.15, -0.1) is 0 Å². The Balaban J connectivity index is 1.71. The lowest BCUT2D eigenvalue weighted by Gasteiger charge is -2.20. The highest BCUT2D eigenvalue weighted by atomic mass is 16.5. The zero-order valence-electron chi connectivity index (χ0n) is 16.2. The molecule has 1 atom stereocenters. The summed E-state index contributed by atoms with van der Waals surface area (Å²) in [5.74, 6) is 1.15. The van der Waals surface area contributed by atoms with Crippen molar-refractivity contribution in [3.05, 3.63) is 42.5 Å². The number of nitrogens with one attached hydrogen (secondary N) is 1. The van der Waals surface area contributed by atoms with Gasteiger partial charge in [0.1, 0.15) is 17.2 Å². The highest BCUT2D eigenvalue weighted by molar-refractivity contribution is 6.04. The van der Waals surface area contributed by atoms with Crippen molar-refractivity contribution in [1.29, 1.82) is 0 Å². The standard InChI is InChI=1S/C21H24N2O5/c1-4-28-16-7-5-15(6-8-16)22-21(25)14-11-20(24)23(13-14)18-12-17(26-2)9-10-19(18)27-3/h5-10,12,14H,4,11,13H2,1-3H3,(H,22,25). The molecule has 1 heterocycles. The van der Waals surface area contributed by atoms with Gasteiger partial charge < -0.3 is 24.4 Å². The average Bonchev–Trinajstić information content (AvgIpc) is 3.11. The molecule has 1 fully saturated rings. The molecule has 3 rings (SSSR count). The van der Waals surface area contributed by atoms with E-state index in [4.69, 9.17) is 14.2 Å². The van der Waals surface area contributed by atoms with Crippen LogP contribution in [0.4, 0.5) is 11.4 Å². The van der Waals surface area contributed by atoms with Crippen molar-refractivity contribution in [1.82, 2.24) is 0 Å². The number of anilines is 2. The van der Waals surface area contributed by atoms with Crippen molar-refractivity contribution in [2.24, 2.45) is 5.92 Å². The second-order valence-corrected chi connectivity index (χ2v) is 6.39. The summed E-state index contributed by atoms with van der Waals surface area (Å²) in [6, 6.07) is 12.4. The number of benzene rings is 2. The van der Waals surface area contributed by atoms with E-state index in [1.54, 1.807) is 61.6 Å². The zero-order valence-corrected chi connectivity index (χ0v) is 16.2. The van der Waals surface area contributed by atoms with Gasteiger partial charge in [-0.1, -0.05) is 0 Å². The van der Waals surface area contributed by atoms with Crippen molar-refractivity contribution in [2.75, 3.05) is 37.6 Å². The largest absolute Gasteiger partial charge is 0.497 e. The topological polar surface area (TPSA) is 77.1 Å². The molecule has 2 aromatic rings. The van der Waals surface area contributed by atoms with Crippen LogP contribution in [0.1, 0.15) is 13.3 Å². The van der Waals surface area contributed by atoms with Crippen LogP contribution in [-0.2, 0) is 9.59 Å². The maximum absolute atomic E-state index is 12.6. The molecule has 7 heteroatoms. The molecule has 28 heavy (non-hydrogen) atoms. The van der Waals surface area contributed by atoms with Crippen LogP contribution in [-0.4, -0.2) is 39.2 Å². The number of methoxy groups -OCH3 is 2. The molecule has 1 N–H and O–H groups in total. The first-order chi connectivity index (χ1) is 13.5. The number of nitrogens with zero attached hydrogens (tertiary/aromatic N) is 1. The monoisotopic (exact) mass is 384 g/mol. The van der Waals surface area contributed by atoms with Crippen molar-refractivity contribution in [3.63, 3.8) is 0 Å². The lowest BCUT2D eigenvalue weighted by molar-refractivity contribution is -0.122. The number of hydrogen-bond acceptors (Lipinski definition) is 5. The maximum atomic E-state index is 12.6. The second-order valence-electron chi connectivity index (χ2n) is 6.39. The van der Waals surface area contributed by atoms with Gasteiger partial charge in [-0.3, -0.25) is 9.59 Å². The van der Waals surface area contributed by atoms with E-state index in [1.165, 1.54) is 0 Å². The molecule has 0 spiro atoms. The van der Waals surface area contributed by atoms with Gasteiger partial charge in [0, 0.05) is 24.7 Å². The van der Waals surface area contributed by atoms with Gasteiger partial charge >= 0.3 is 0 Å². The number of rotatable bonds is 7. The van der Waals surface area contributed by atoms with E-state index in [2.05, 4.69) is 5.32 Å². The van der Waals surface area contributed by atoms with Gasteiger partial charge in [0.05, 0.1) is 32.4 Å². The first-order valence-corrected chi connectivity index (χ1v) is 9.11. The van der Waals surface area contributed by atoms with Gasteiger partial charge in [-0.2, -0.15) is 0 Å². The smallest absolute Gasteiger partial charge is 0.229 e. The van der Waals surface area contributed by atoms with E-state index >= 15 is 0 Å². The van der Waals surface area contributed by atoms with E-state index in [9.17, 15) is 9.59 Å².